The lowest BCUT2D eigenvalue weighted by atomic mass is 9.81. The number of nitriles is 1. The van der Waals surface area contributed by atoms with Gasteiger partial charge in [0.25, 0.3) is 0 Å². The van der Waals surface area contributed by atoms with Crippen molar-refractivity contribution in [3.05, 3.63) is 107 Å². The SMILES string of the molecule is COC(=O)C1=C(C(=O)OC)N(c2ccc(-c3ccc(C)cn3)cc2)C(N)=C(C#N)C1c1ccccc1. The molecule has 1 aliphatic heterocycles. The molecule has 8 heteroatoms. The number of anilines is 1. The molecule has 0 spiro atoms. The summed E-state index contributed by atoms with van der Waals surface area (Å²) in [7, 11) is 2.43. The van der Waals surface area contributed by atoms with Gasteiger partial charge in [-0.2, -0.15) is 5.26 Å². The van der Waals surface area contributed by atoms with Gasteiger partial charge in [-0.25, -0.2) is 9.59 Å². The zero-order valence-electron chi connectivity index (χ0n) is 20.1. The van der Waals surface area contributed by atoms with Crippen LogP contribution in [-0.2, 0) is 19.1 Å². The number of nitrogens with two attached hydrogens (primary N) is 1. The van der Waals surface area contributed by atoms with E-state index in [4.69, 9.17) is 15.2 Å². The van der Waals surface area contributed by atoms with Crippen molar-refractivity contribution >= 4 is 17.6 Å². The van der Waals surface area contributed by atoms with Crippen LogP contribution in [0.1, 0.15) is 17.0 Å². The number of benzene rings is 2. The lowest BCUT2D eigenvalue weighted by molar-refractivity contribution is -0.139. The highest BCUT2D eigenvalue weighted by Gasteiger charge is 2.42. The Bertz CT molecular complexity index is 1400. The summed E-state index contributed by atoms with van der Waals surface area (Å²) in [6.07, 6.45) is 1.78. The number of ether oxygens (including phenoxy) is 2. The summed E-state index contributed by atoms with van der Waals surface area (Å²) < 4.78 is 10.1. The number of pyridine rings is 1. The van der Waals surface area contributed by atoms with E-state index < -0.39 is 17.9 Å². The van der Waals surface area contributed by atoms with Gasteiger partial charge < -0.3 is 15.2 Å². The van der Waals surface area contributed by atoms with E-state index in [9.17, 15) is 14.9 Å². The number of allylic oxidation sites excluding steroid dienone is 1. The van der Waals surface area contributed by atoms with Crippen LogP contribution >= 0.6 is 0 Å². The van der Waals surface area contributed by atoms with E-state index in [1.807, 2.05) is 37.3 Å². The third-order valence-corrected chi connectivity index (χ3v) is 5.94. The quantitative estimate of drug-likeness (QED) is 0.545. The average molecular weight is 481 g/mol. The first-order valence-electron chi connectivity index (χ1n) is 11.1. The first-order chi connectivity index (χ1) is 17.4. The normalized spacial score (nSPS) is 15.4. The maximum absolute atomic E-state index is 13.1. The van der Waals surface area contributed by atoms with Crippen LogP contribution < -0.4 is 10.6 Å². The van der Waals surface area contributed by atoms with Crippen LogP contribution in [-0.4, -0.2) is 31.1 Å². The number of carbonyl (C=O) groups is 2. The molecule has 1 aromatic heterocycles. The Balaban J connectivity index is 1.93. The van der Waals surface area contributed by atoms with E-state index >= 15 is 0 Å². The third kappa shape index (κ3) is 4.30. The second-order valence-electron chi connectivity index (χ2n) is 8.10. The lowest BCUT2D eigenvalue weighted by Crippen LogP contribution is -2.40. The van der Waals surface area contributed by atoms with Crippen molar-refractivity contribution in [3.8, 4) is 17.3 Å². The first kappa shape index (κ1) is 24.2. The van der Waals surface area contributed by atoms with Crippen LogP contribution in [0.4, 0.5) is 5.69 Å². The standard InChI is InChI=1S/C28H24N4O4/c1-17-9-14-22(31-16-17)18-10-12-20(13-11-18)32-25(28(34)36-3)24(27(33)35-2)23(21(15-29)26(32)30)19-7-5-4-6-8-19/h4-14,16,23H,30H2,1-3H3. The fourth-order valence-electron chi connectivity index (χ4n) is 4.20. The van der Waals surface area contributed by atoms with Gasteiger partial charge in [-0.05, 0) is 36.2 Å². The maximum atomic E-state index is 13.1. The minimum Gasteiger partial charge on any atom is -0.466 e. The lowest BCUT2D eigenvalue weighted by Gasteiger charge is -2.35. The summed E-state index contributed by atoms with van der Waals surface area (Å²) in [5.74, 6) is -2.46. The van der Waals surface area contributed by atoms with E-state index in [1.165, 1.54) is 19.1 Å². The second kappa shape index (κ2) is 10.2. The predicted molar refractivity (Wildman–Crippen MR) is 134 cm³/mol. The number of hydrogen-bond donors (Lipinski definition) is 1. The highest BCUT2D eigenvalue weighted by molar-refractivity contribution is 6.06. The van der Waals surface area contributed by atoms with E-state index in [0.29, 0.717) is 11.3 Å². The predicted octanol–water partition coefficient (Wildman–Crippen LogP) is 3.95. The van der Waals surface area contributed by atoms with Crippen molar-refractivity contribution in [1.29, 1.82) is 5.26 Å². The molecule has 36 heavy (non-hydrogen) atoms. The summed E-state index contributed by atoms with van der Waals surface area (Å²) >= 11 is 0. The number of esters is 2. The molecule has 1 atom stereocenters. The van der Waals surface area contributed by atoms with Gasteiger partial charge in [-0.1, -0.05) is 48.5 Å². The zero-order chi connectivity index (χ0) is 25.8. The number of aromatic nitrogens is 1. The fourth-order valence-corrected chi connectivity index (χ4v) is 4.20. The number of nitrogens with zero attached hydrogens (tertiary/aromatic N) is 3. The number of carbonyl (C=O) groups excluding carboxylic acids is 2. The number of methoxy groups -OCH3 is 2. The molecule has 180 valence electrons. The summed E-state index contributed by atoms with van der Waals surface area (Å²) in [6, 6.07) is 22.0. The molecule has 1 aliphatic rings. The van der Waals surface area contributed by atoms with Gasteiger partial charge in [0.15, 0.2) is 0 Å². The monoisotopic (exact) mass is 480 g/mol. The molecule has 3 aromatic rings. The number of hydrogen-bond acceptors (Lipinski definition) is 8. The zero-order valence-corrected chi connectivity index (χ0v) is 20.1. The van der Waals surface area contributed by atoms with Crippen molar-refractivity contribution in [2.45, 2.75) is 12.8 Å². The Hall–Kier alpha value is -4.90. The number of rotatable bonds is 5. The summed E-state index contributed by atoms with van der Waals surface area (Å²) in [6.45, 7) is 1.96. The Labute approximate surface area is 208 Å². The third-order valence-electron chi connectivity index (χ3n) is 5.94. The molecule has 0 amide bonds. The van der Waals surface area contributed by atoms with Crippen LogP contribution in [0.3, 0.4) is 0 Å². The molecule has 0 fully saturated rings. The molecule has 0 saturated heterocycles. The van der Waals surface area contributed by atoms with Crippen LogP contribution in [0.15, 0.2) is 95.6 Å². The highest BCUT2D eigenvalue weighted by atomic mass is 16.5. The van der Waals surface area contributed by atoms with Crippen LogP contribution in [0, 0.1) is 18.3 Å². The summed E-state index contributed by atoms with van der Waals surface area (Å²) in [5.41, 5.74) is 10.2. The second-order valence-corrected chi connectivity index (χ2v) is 8.10. The van der Waals surface area contributed by atoms with E-state index in [0.717, 1.165) is 16.8 Å². The molecule has 1 unspecified atom stereocenters. The van der Waals surface area contributed by atoms with E-state index in [-0.39, 0.29) is 22.7 Å². The molecule has 8 nitrogen and oxygen atoms in total. The van der Waals surface area contributed by atoms with Crippen LogP contribution in [0.2, 0.25) is 0 Å². The molecule has 4 rings (SSSR count). The highest BCUT2D eigenvalue weighted by Crippen LogP contribution is 2.43. The Morgan fingerprint density at radius 2 is 1.64 bits per heavy atom. The fraction of sp³-hybridized carbons (Fsp3) is 0.143. The summed E-state index contributed by atoms with van der Waals surface area (Å²) in [4.78, 5) is 32.0. The minimum absolute atomic E-state index is 0.0145. The van der Waals surface area contributed by atoms with Crippen molar-refractivity contribution in [2.24, 2.45) is 5.73 Å². The molecular formula is C28H24N4O4. The Morgan fingerprint density at radius 1 is 0.972 bits per heavy atom. The maximum Gasteiger partial charge on any atom is 0.355 e. The van der Waals surface area contributed by atoms with Crippen LogP contribution in [0.25, 0.3) is 11.3 Å². The van der Waals surface area contributed by atoms with Crippen molar-refractivity contribution in [1.82, 2.24) is 4.98 Å². The molecule has 0 radical (unpaired) electrons. The topological polar surface area (TPSA) is 119 Å². The van der Waals surface area contributed by atoms with E-state index in [1.54, 1.807) is 42.6 Å². The Morgan fingerprint density at radius 3 is 2.19 bits per heavy atom. The van der Waals surface area contributed by atoms with Gasteiger partial charge in [0.05, 0.1) is 43.0 Å². The van der Waals surface area contributed by atoms with Gasteiger partial charge >= 0.3 is 11.9 Å². The average Bonchev–Trinajstić information content (AvgIpc) is 2.92. The largest absolute Gasteiger partial charge is 0.466 e. The molecule has 2 aromatic carbocycles. The smallest absolute Gasteiger partial charge is 0.355 e. The van der Waals surface area contributed by atoms with E-state index in [2.05, 4.69) is 11.1 Å². The van der Waals surface area contributed by atoms with Gasteiger partial charge in [-0.3, -0.25) is 9.88 Å². The van der Waals surface area contributed by atoms with Gasteiger partial charge in [0.1, 0.15) is 11.5 Å². The molecule has 2 heterocycles. The molecular weight excluding hydrogens is 456 g/mol. The summed E-state index contributed by atoms with van der Waals surface area (Å²) in [5, 5.41) is 10.1. The van der Waals surface area contributed by atoms with Crippen molar-refractivity contribution < 1.29 is 19.1 Å². The Kier molecular flexibility index (Phi) is 6.84. The molecule has 0 aliphatic carbocycles. The minimum atomic E-state index is -0.912. The van der Waals surface area contributed by atoms with Crippen LogP contribution in [0.5, 0.6) is 0 Å². The first-order valence-corrected chi connectivity index (χ1v) is 11.1. The van der Waals surface area contributed by atoms with Gasteiger partial charge in [-0.15, -0.1) is 0 Å². The van der Waals surface area contributed by atoms with Crippen molar-refractivity contribution in [3.63, 3.8) is 0 Å². The number of aryl methyl sites for hydroxylation is 1. The molecule has 2 N–H and O–H groups in total. The molecule has 0 saturated carbocycles. The van der Waals surface area contributed by atoms with Gasteiger partial charge in [0.2, 0.25) is 0 Å². The van der Waals surface area contributed by atoms with Crippen molar-refractivity contribution in [2.75, 3.05) is 19.1 Å². The van der Waals surface area contributed by atoms with Gasteiger partial charge in [0, 0.05) is 17.4 Å². The molecule has 0 bridgehead atoms.